The summed E-state index contributed by atoms with van der Waals surface area (Å²) in [5.74, 6) is 0. The molecule has 1 N–H and O–H groups in total. The van der Waals surface area contributed by atoms with Crippen molar-refractivity contribution in [3.8, 4) is 0 Å². The van der Waals surface area contributed by atoms with Gasteiger partial charge in [0.1, 0.15) is 12.4 Å². The van der Waals surface area contributed by atoms with E-state index in [4.69, 9.17) is 0 Å². The first-order chi connectivity index (χ1) is 5.35. The third-order valence-corrected chi connectivity index (χ3v) is 0.919. The average Bonchev–Trinajstić information content (AvgIpc) is 1.82. The van der Waals surface area contributed by atoms with E-state index in [0.29, 0.717) is 0 Å². The minimum atomic E-state index is -4.58. The summed E-state index contributed by atoms with van der Waals surface area (Å²) in [6.45, 7) is 0. The van der Waals surface area contributed by atoms with Gasteiger partial charge in [0.25, 0.3) is 0 Å². The van der Waals surface area contributed by atoms with Crippen molar-refractivity contribution in [1.82, 2.24) is 5.32 Å². The average molecular weight is 184 g/mol. The molecule has 0 saturated heterocycles. The third-order valence-electron chi connectivity index (χ3n) is 0.919. The van der Waals surface area contributed by atoms with E-state index in [1.807, 2.05) is 0 Å². The van der Waals surface area contributed by atoms with Crippen molar-refractivity contribution in [3.63, 3.8) is 0 Å². The van der Waals surface area contributed by atoms with Crippen LogP contribution < -0.4 is 10.4 Å². The summed E-state index contributed by atoms with van der Waals surface area (Å²) in [5.41, 5.74) is 0. The predicted molar refractivity (Wildman–Crippen MR) is 29.1 cm³/mol. The van der Waals surface area contributed by atoms with Crippen molar-refractivity contribution in [3.05, 3.63) is 0 Å². The first-order valence-electron chi connectivity index (χ1n) is 2.84. The summed E-state index contributed by atoms with van der Waals surface area (Å²) in [6.07, 6.45) is -8.14. The molecule has 1 unspecified atom stereocenters. The number of carbonyl (C=O) groups is 2. The molecule has 70 valence electrons. The van der Waals surface area contributed by atoms with Gasteiger partial charge in [-0.05, 0) is 0 Å². The van der Waals surface area contributed by atoms with Gasteiger partial charge in [0.2, 0.25) is 0 Å². The van der Waals surface area contributed by atoms with Crippen molar-refractivity contribution >= 4 is 12.4 Å². The van der Waals surface area contributed by atoms with Gasteiger partial charge >= 0.3 is 6.18 Å². The summed E-state index contributed by atoms with van der Waals surface area (Å²) < 4.78 is 34.6. The molecule has 0 aliphatic rings. The van der Waals surface area contributed by atoms with E-state index in [1.54, 1.807) is 0 Å². The Hall–Kier alpha value is -1.27. The molecule has 0 fully saturated rings. The van der Waals surface area contributed by atoms with Gasteiger partial charge in [0, 0.05) is 0 Å². The van der Waals surface area contributed by atoms with Gasteiger partial charge in [-0.15, -0.1) is 0 Å². The van der Waals surface area contributed by atoms with Crippen LogP contribution in [0.3, 0.4) is 0 Å². The van der Waals surface area contributed by atoms with E-state index in [0.717, 1.165) is 0 Å². The molecule has 1 amide bonds. The molecule has 7 heteroatoms. The molecule has 0 aliphatic heterocycles. The number of hydrogen-bond acceptors (Lipinski definition) is 3. The van der Waals surface area contributed by atoms with E-state index < -0.39 is 24.7 Å². The highest BCUT2D eigenvalue weighted by molar-refractivity contribution is 5.69. The summed E-state index contributed by atoms with van der Waals surface area (Å²) in [5, 5.41) is 11.0. The number of alkyl halides is 3. The minimum absolute atomic E-state index is 0.136. The smallest absolute Gasteiger partial charge is 0.391 e. The summed E-state index contributed by atoms with van der Waals surface area (Å²) in [4.78, 5) is 19.6. The van der Waals surface area contributed by atoms with E-state index in [9.17, 15) is 27.9 Å². The molecule has 0 aromatic heterocycles. The van der Waals surface area contributed by atoms with Gasteiger partial charge in [-0.2, -0.15) is 13.2 Å². The van der Waals surface area contributed by atoms with Crippen LogP contribution in [-0.4, -0.2) is 24.6 Å². The van der Waals surface area contributed by atoms with Gasteiger partial charge < -0.3 is 20.0 Å². The Kier molecular flexibility index (Phi) is 3.52. The van der Waals surface area contributed by atoms with Crippen LogP contribution in [0.15, 0.2) is 0 Å². The lowest BCUT2D eigenvalue weighted by atomic mass is 10.2. The molecule has 0 heterocycles. The second-order valence-corrected chi connectivity index (χ2v) is 1.99. The lowest BCUT2D eigenvalue weighted by Gasteiger charge is -2.15. The number of aldehydes is 1. The number of carbonyl (C=O) groups excluding carboxylic acids is 2. The normalized spacial score (nSPS) is 13.6. The molecular formula is C5H5F3NO3-. The van der Waals surface area contributed by atoms with Crippen molar-refractivity contribution in [1.29, 1.82) is 0 Å². The highest BCUT2D eigenvalue weighted by Crippen LogP contribution is 2.20. The van der Waals surface area contributed by atoms with Crippen LogP contribution in [0, 0.1) is 0 Å². The Balaban J connectivity index is 4.00. The van der Waals surface area contributed by atoms with E-state index >= 15 is 0 Å². The lowest BCUT2D eigenvalue weighted by molar-refractivity contribution is -0.252. The van der Waals surface area contributed by atoms with Crippen molar-refractivity contribution in [2.24, 2.45) is 0 Å². The van der Waals surface area contributed by atoms with Crippen LogP contribution in [-0.2, 0) is 4.79 Å². The predicted octanol–water partition coefficient (Wildman–Crippen LogP) is -0.561. The minimum Gasteiger partial charge on any atom is -0.530 e. The van der Waals surface area contributed by atoms with Crippen LogP contribution in [0.2, 0.25) is 0 Å². The number of rotatable bonds is 3. The van der Waals surface area contributed by atoms with Gasteiger partial charge in [-0.1, -0.05) is 0 Å². The Morgan fingerprint density at radius 3 is 2.33 bits per heavy atom. The highest BCUT2D eigenvalue weighted by Gasteiger charge is 2.31. The second-order valence-electron chi connectivity index (χ2n) is 1.99. The fourth-order valence-corrected chi connectivity index (χ4v) is 0.534. The molecule has 0 spiro atoms. The van der Waals surface area contributed by atoms with Gasteiger partial charge in [0.15, 0.2) is 0 Å². The van der Waals surface area contributed by atoms with Crippen LogP contribution in [0.1, 0.15) is 6.42 Å². The first-order valence-corrected chi connectivity index (χ1v) is 2.84. The zero-order chi connectivity index (χ0) is 9.78. The van der Waals surface area contributed by atoms with Crippen molar-refractivity contribution in [2.45, 2.75) is 18.6 Å². The van der Waals surface area contributed by atoms with Gasteiger partial charge in [-0.3, -0.25) is 0 Å². The monoisotopic (exact) mass is 184 g/mol. The molecule has 4 nitrogen and oxygen atoms in total. The lowest BCUT2D eigenvalue weighted by Crippen LogP contribution is -2.45. The molecule has 0 saturated carbocycles. The van der Waals surface area contributed by atoms with Gasteiger partial charge in [0.05, 0.1) is 12.5 Å². The number of amides is 1. The Bertz CT molecular complexity index is 179. The molecule has 0 aromatic carbocycles. The van der Waals surface area contributed by atoms with E-state index in [2.05, 4.69) is 0 Å². The Labute approximate surface area is 65.4 Å². The van der Waals surface area contributed by atoms with Crippen LogP contribution >= 0.6 is 0 Å². The molecule has 0 radical (unpaired) electrons. The summed E-state index contributed by atoms with van der Waals surface area (Å²) in [6, 6.07) is -1.78. The highest BCUT2D eigenvalue weighted by atomic mass is 19.4. The largest absolute Gasteiger partial charge is 0.530 e. The summed E-state index contributed by atoms with van der Waals surface area (Å²) in [7, 11) is 0. The summed E-state index contributed by atoms with van der Waals surface area (Å²) >= 11 is 0. The Morgan fingerprint density at radius 2 is 2.08 bits per heavy atom. The fourth-order valence-electron chi connectivity index (χ4n) is 0.534. The topological polar surface area (TPSA) is 69.2 Å². The number of carboxylic acid groups (broad SMARTS) is 1. The van der Waals surface area contributed by atoms with Crippen molar-refractivity contribution < 1.29 is 27.9 Å². The first kappa shape index (κ1) is 10.7. The zero-order valence-electron chi connectivity index (χ0n) is 5.72. The number of nitrogens with one attached hydrogen (secondary N) is 1. The number of halogens is 3. The SMILES string of the molecule is O=CC(CC(F)(F)F)NC(=O)[O-]. The van der Waals surface area contributed by atoms with Crippen LogP contribution in [0.4, 0.5) is 18.0 Å². The maximum absolute atomic E-state index is 11.5. The molecule has 0 bridgehead atoms. The van der Waals surface area contributed by atoms with E-state index in [1.165, 1.54) is 5.32 Å². The van der Waals surface area contributed by atoms with Crippen molar-refractivity contribution in [2.75, 3.05) is 0 Å². The quantitative estimate of drug-likeness (QED) is 0.597. The molecule has 0 aliphatic carbocycles. The molecule has 0 rings (SSSR count). The molecule has 12 heavy (non-hydrogen) atoms. The molecular weight excluding hydrogens is 179 g/mol. The maximum Gasteiger partial charge on any atom is 0.391 e. The molecule has 1 atom stereocenters. The zero-order valence-corrected chi connectivity index (χ0v) is 5.72. The standard InChI is InChI=1S/C5H6F3NO3/c6-5(7,8)1-3(2-10)9-4(11)12/h2-3,9H,1H2,(H,11,12)/p-1. The van der Waals surface area contributed by atoms with Crippen LogP contribution in [0.5, 0.6) is 0 Å². The Morgan fingerprint density at radius 1 is 1.58 bits per heavy atom. The fraction of sp³-hybridized carbons (Fsp3) is 0.600. The second kappa shape index (κ2) is 3.93. The van der Waals surface area contributed by atoms with E-state index in [-0.39, 0.29) is 6.29 Å². The number of hydrogen-bond donors (Lipinski definition) is 1. The van der Waals surface area contributed by atoms with Crippen LogP contribution in [0.25, 0.3) is 0 Å². The third kappa shape index (κ3) is 5.51. The molecule has 0 aromatic rings. The maximum atomic E-state index is 11.5. The van der Waals surface area contributed by atoms with Gasteiger partial charge in [-0.25, -0.2) is 0 Å².